The molecule has 128 valence electrons. The van der Waals surface area contributed by atoms with Crippen LogP contribution >= 0.6 is 23.1 Å². The van der Waals surface area contributed by atoms with Crippen LogP contribution in [0.25, 0.3) is 11.2 Å². The number of unbranched alkanes of at least 4 members (excludes halogenated alkanes) is 1. The molecule has 0 aliphatic rings. The van der Waals surface area contributed by atoms with E-state index in [1.54, 1.807) is 16.2 Å². The highest BCUT2D eigenvalue weighted by atomic mass is 32.2. The molecule has 0 radical (unpaired) electrons. The van der Waals surface area contributed by atoms with Crippen molar-refractivity contribution in [1.29, 1.82) is 0 Å². The molecule has 0 aliphatic carbocycles. The van der Waals surface area contributed by atoms with Crippen LogP contribution in [-0.2, 0) is 19.3 Å². The second kappa shape index (κ2) is 6.89. The van der Waals surface area contributed by atoms with Gasteiger partial charge in [0.15, 0.2) is 15.5 Å². The molecule has 0 aromatic carbocycles. The van der Waals surface area contributed by atoms with Gasteiger partial charge in [-0.15, -0.1) is 10.2 Å². The number of imidazole rings is 1. The minimum Gasteiger partial charge on any atom is -0.325 e. The Morgan fingerprint density at radius 2 is 2.08 bits per heavy atom. The van der Waals surface area contributed by atoms with Gasteiger partial charge < -0.3 is 4.57 Å². The summed E-state index contributed by atoms with van der Waals surface area (Å²) in [6.07, 6.45) is 1.81. The number of hydrogen-bond donors (Lipinski definition) is 1. The minimum atomic E-state index is -0.405. The van der Waals surface area contributed by atoms with E-state index in [2.05, 4.69) is 27.1 Å². The number of nitrogens with one attached hydrogen (secondary N) is 1. The second-order valence-corrected chi connectivity index (χ2v) is 7.80. The highest BCUT2D eigenvalue weighted by Crippen LogP contribution is 2.25. The number of fused-ring (bicyclic) bond motifs is 1. The number of hydrogen-bond acceptors (Lipinski definition) is 7. The molecule has 0 aliphatic heterocycles. The normalized spacial score (nSPS) is 11.5. The molecule has 3 aromatic heterocycles. The van der Waals surface area contributed by atoms with E-state index < -0.39 is 11.2 Å². The Hall–Kier alpha value is -1.94. The Bertz CT molecular complexity index is 983. The molecule has 0 spiro atoms. The zero-order valence-corrected chi connectivity index (χ0v) is 15.3. The summed E-state index contributed by atoms with van der Waals surface area (Å²) in [6, 6.07) is 0. The van der Waals surface area contributed by atoms with Crippen molar-refractivity contribution in [2.45, 2.75) is 43.3 Å². The lowest BCUT2D eigenvalue weighted by Crippen LogP contribution is -2.31. The molecule has 3 rings (SSSR count). The van der Waals surface area contributed by atoms with Gasteiger partial charge in [-0.25, -0.2) is 9.78 Å². The van der Waals surface area contributed by atoms with E-state index in [0.29, 0.717) is 23.5 Å². The fourth-order valence-corrected chi connectivity index (χ4v) is 4.21. The molecule has 3 aromatic rings. The van der Waals surface area contributed by atoms with Gasteiger partial charge in [-0.2, -0.15) is 0 Å². The molecule has 10 heteroatoms. The second-order valence-electron chi connectivity index (χ2n) is 5.40. The van der Waals surface area contributed by atoms with E-state index in [-0.39, 0.29) is 0 Å². The molecule has 24 heavy (non-hydrogen) atoms. The van der Waals surface area contributed by atoms with Crippen LogP contribution in [0.4, 0.5) is 0 Å². The average Bonchev–Trinajstić information content (AvgIpc) is 3.09. The maximum atomic E-state index is 12.2. The van der Waals surface area contributed by atoms with E-state index in [0.717, 1.165) is 28.0 Å². The van der Waals surface area contributed by atoms with Crippen molar-refractivity contribution >= 4 is 34.3 Å². The predicted octanol–water partition coefficient (Wildman–Crippen LogP) is 1.68. The van der Waals surface area contributed by atoms with Gasteiger partial charge in [0, 0.05) is 13.6 Å². The van der Waals surface area contributed by atoms with Gasteiger partial charge in [-0.1, -0.05) is 36.4 Å². The van der Waals surface area contributed by atoms with E-state index in [4.69, 9.17) is 0 Å². The van der Waals surface area contributed by atoms with Gasteiger partial charge in [0.1, 0.15) is 10.8 Å². The minimum absolute atomic E-state index is 0.402. The molecule has 0 saturated carbocycles. The quantitative estimate of drug-likeness (QED) is 0.667. The number of thioether (sulfide) groups is 1. The molecule has 8 nitrogen and oxygen atoms in total. The third kappa shape index (κ3) is 3.16. The molecular weight excluding hydrogens is 348 g/mol. The lowest BCUT2D eigenvalue weighted by Gasteiger charge is -2.04. The third-order valence-corrected chi connectivity index (χ3v) is 5.64. The Balaban J connectivity index is 2.00. The third-order valence-electron chi connectivity index (χ3n) is 3.67. The molecular formula is C14H18N6O2S2. The smallest absolute Gasteiger partial charge is 0.325 e. The monoisotopic (exact) mass is 366 g/mol. The average molecular weight is 366 g/mol. The number of rotatable bonds is 6. The van der Waals surface area contributed by atoms with E-state index in [1.165, 1.54) is 23.1 Å². The van der Waals surface area contributed by atoms with Crippen LogP contribution in [-0.4, -0.2) is 29.3 Å². The van der Waals surface area contributed by atoms with Crippen molar-refractivity contribution in [2.24, 2.45) is 7.05 Å². The standard InChI is InChI=1S/C14H18N6O2S2/c1-4-5-6-20-11-10(12(21)16-13(20)22)19(3)9(15-11)7-23-14-18-17-8(2)24-14/h4-7H2,1-3H3,(H,16,21,22). The van der Waals surface area contributed by atoms with Crippen molar-refractivity contribution in [2.75, 3.05) is 0 Å². The van der Waals surface area contributed by atoms with Crippen LogP contribution in [0.1, 0.15) is 30.6 Å². The van der Waals surface area contributed by atoms with Gasteiger partial charge in [0.25, 0.3) is 5.56 Å². The molecule has 0 atom stereocenters. The van der Waals surface area contributed by atoms with Crippen LogP contribution in [0.3, 0.4) is 0 Å². The molecule has 0 fully saturated rings. The summed E-state index contributed by atoms with van der Waals surface area (Å²) in [4.78, 5) is 31.2. The topological polar surface area (TPSA) is 98.5 Å². The van der Waals surface area contributed by atoms with Crippen LogP contribution < -0.4 is 11.2 Å². The first-order valence-corrected chi connectivity index (χ1v) is 9.42. The van der Waals surface area contributed by atoms with E-state index >= 15 is 0 Å². The van der Waals surface area contributed by atoms with Gasteiger partial charge in [0.2, 0.25) is 0 Å². The largest absolute Gasteiger partial charge is 0.330 e. The molecule has 1 N–H and O–H groups in total. The predicted molar refractivity (Wildman–Crippen MR) is 94.7 cm³/mol. The van der Waals surface area contributed by atoms with Crippen molar-refractivity contribution in [3.8, 4) is 0 Å². The molecule has 0 amide bonds. The summed E-state index contributed by atoms with van der Waals surface area (Å²) in [7, 11) is 1.79. The first-order valence-electron chi connectivity index (χ1n) is 7.62. The SMILES string of the molecule is CCCCn1c(=O)[nH]c(=O)c2c1nc(CSc1nnc(C)s1)n2C. The van der Waals surface area contributed by atoms with Gasteiger partial charge in [0.05, 0.1) is 5.75 Å². The van der Waals surface area contributed by atoms with Gasteiger partial charge in [-0.3, -0.25) is 14.3 Å². The zero-order chi connectivity index (χ0) is 17.3. The van der Waals surface area contributed by atoms with Crippen molar-refractivity contribution in [3.05, 3.63) is 31.7 Å². The first kappa shape index (κ1) is 16.9. The number of aryl methyl sites for hydroxylation is 3. The summed E-state index contributed by atoms with van der Waals surface area (Å²) in [5, 5.41) is 8.97. The fraction of sp³-hybridized carbons (Fsp3) is 0.500. The highest BCUT2D eigenvalue weighted by molar-refractivity contribution is 8.00. The Morgan fingerprint density at radius 1 is 1.29 bits per heavy atom. The number of nitrogens with zero attached hydrogens (tertiary/aromatic N) is 5. The van der Waals surface area contributed by atoms with Crippen LogP contribution in [0.2, 0.25) is 0 Å². The van der Waals surface area contributed by atoms with Crippen LogP contribution in [0.15, 0.2) is 13.9 Å². The molecule has 0 bridgehead atoms. The maximum Gasteiger partial charge on any atom is 0.330 e. The lowest BCUT2D eigenvalue weighted by molar-refractivity contribution is 0.613. The number of aromatic amines is 1. The van der Waals surface area contributed by atoms with Crippen LogP contribution in [0.5, 0.6) is 0 Å². The Labute approximate surface area is 146 Å². The summed E-state index contributed by atoms with van der Waals surface area (Å²) in [5.41, 5.74) is 0.0669. The summed E-state index contributed by atoms with van der Waals surface area (Å²) in [6.45, 7) is 4.50. The summed E-state index contributed by atoms with van der Waals surface area (Å²) in [5.74, 6) is 1.28. The Morgan fingerprint density at radius 3 is 2.75 bits per heavy atom. The first-order chi connectivity index (χ1) is 11.5. The summed E-state index contributed by atoms with van der Waals surface area (Å²) < 4.78 is 4.15. The van der Waals surface area contributed by atoms with Crippen molar-refractivity contribution in [3.63, 3.8) is 0 Å². The van der Waals surface area contributed by atoms with Crippen LogP contribution in [0, 0.1) is 6.92 Å². The molecule has 0 saturated heterocycles. The fourth-order valence-electron chi connectivity index (χ4n) is 2.41. The molecule has 3 heterocycles. The van der Waals surface area contributed by atoms with E-state index in [1.807, 2.05) is 6.92 Å². The maximum absolute atomic E-state index is 12.2. The van der Waals surface area contributed by atoms with Gasteiger partial charge >= 0.3 is 5.69 Å². The summed E-state index contributed by atoms with van der Waals surface area (Å²) >= 11 is 3.04. The Kier molecular flexibility index (Phi) is 4.86. The van der Waals surface area contributed by atoms with Crippen molar-refractivity contribution < 1.29 is 0 Å². The zero-order valence-electron chi connectivity index (χ0n) is 13.7. The van der Waals surface area contributed by atoms with Crippen molar-refractivity contribution in [1.82, 2.24) is 29.3 Å². The lowest BCUT2D eigenvalue weighted by atomic mass is 10.3. The van der Waals surface area contributed by atoms with Gasteiger partial charge in [-0.05, 0) is 13.3 Å². The molecule has 0 unspecified atom stereocenters. The number of H-pyrrole nitrogens is 1. The van der Waals surface area contributed by atoms with E-state index in [9.17, 15) is 9.59 Å². The highest BCUT2D eigenvalue weighted by Gasteiger charge is 2.16. The number of aromatic nitrogens is 6.